The maximum atomic E-state index is 9.52. The summed E-state index contributed by atoms with van der Waals surface area (Å²) < 4.78 is 89.9. The Hall–Kier alpha value is -9.55. The van der Waals surface area contributed by atoms with Gasteiger partial charge in [0, 0.05) is 47.6 Å². The van der Waals surface area contributed by atoms with Crippen molar-refractivity contribution in [3.63, 3.8) is 0 Å². The largest absolute Gasteiger partial charge is 0.456 e. The van der Waals surface area contributed by atoms with E-state index < -0.39 is 42.3 Å². The van der Waals surface area contributed by atoms with Crippen LogP contribution in [0.4, 0.5) is 0 Å². The molecule has 4 nitrogen and oxygen atoms in total. The van der Waals surface area contributed by atoms with Gasteiger partial charge in [-0.25, -0.2) is 15.0 Å². The van der Waals surface area contributed by atoms with Crippen molar-refractivity contribution in [2.45, 2.75) is 0 Å². The van der Waals surface area contributed by atoms with Gasteiger partial charge in [0.15, 0.2) is 17.5 Å². The van der Waals surface area contributed by atoms with Crippen LogP contribution in [-0.2, 0) is 0 Å². The average Bonchev–Trinajstić information content (AvgIpc) is 3.86. The smallest absolute Gasteiger partial charge is 0.164 e. The zero-order valence-corrected chi connectivity index (χ0v) is 39.9. The quantitative estimate of drug-likeness (QED) is 0.160. The lowest BCUT2D eigenvalue weighted by molar-refractivity contribution is 0.669. The molecule has 0 aliphatic carbocycles. The zero-order valence-electron chi connectivity index (χ0n) is 48.1. The molecule has 0 saturated carbocycles. The van der Waals surface area contributed by atoms with E-state index in [-0.39, 0.29) is 39.9 Å². The van der Waals surface area contributed by atoms with Gasteiger partial charge in [0.1, 0.15) is 11.2 Å². The lowest BCUT2D eigenvalue weighted by Gasteiger charge is -2.14. The third-order valence-electron chi connectivity index (χ3n) is 14.0. The maximum Gasteiger partial charge on any atom is 0.164 e. The first-order valence-electron chi connectivity index (χ1n) is 28.7. The molecule has 0 unspecified atom stereocenters. The van der Waals surface area contributed by atoms with E-state index in [9.17, 15) is 5.48 Å². The summed E-state index contributed by atoms with van der Waals surface area (Å²) in [7, 11) is 0. The molecule has 15 rings (SSSR count). The van der Waals surface area contributed by atoms with E-state index in [1.54, 1.807) is 23.5 Å². The number of thiophene rings is 1. The molecule has 74 heavy (non-hydrogen) atoms. The molecule has 0 N–H and O–H groups in total. The standard InChI is InChI=1S/C69H41N3OS/c1-2-14-44(15-3-1)59-41-54(32-34-55(59)49-28-24-42-12-4-6-16-45(42)36-49)69-71-67(52-30-25-43-13-5-7-17-46(43)38-52)70-68(72-69)53-31-27-47-37-50(29-26-48(47)39-53)56-19-10-21-62-65(56)60-40-51(33-35-61(60)73-62)57-20-11-23-64-66(57)58-18-8-9-22-63(58)74-64/h1-41H/i5D,7D,13D,17D,19D,25D,30D,35D,38D. The second kappa shape index (κ2) is 17.1. The fourth-order valence-corrected chi connectivity index (χ4v) is 11.6. The summed E-state index contributed by atoms with van der Waals surface area (Å²) in [6.07, 6.45) is 0. The Labute approximate surface area is 442 Å². The van der Waals surface area contributed by atoms with Gasteiger partial charge in [-0.05, 0) is 137 Å². The maximum absolute atomic E-state index is 9.52. The summed E-state index contributed by atoms with van der Waals surface area (Å²) in [5.41, 5.74) is 9.21. The highest BCUT2D eigenvalue weighted by Gasteiger charge is 2.19. The minimum atomic E-state index is -0.558. The Morgan fingerprint density at radius 1 is 0.324 bits per heavy atom. The van der Waals surface area contributed by atoms with Gasteiger partial charge in [0.05, 0.1) is 12.3 Å². The molecule has 3 heterocycles. The van der Waals surface area contributed by atoms with Gasteiger partial charge in [0.25, 0.3) is 0 Å². The number of furan rings is 1. The normalized spacial score (nSPS) is 13.5. The number of benzene rings is 12. The second-order valence-corrected chi connectivity index (χ2v) is 19.5. The van der Waals surface area contributed by atoms with Crippen LogP contribution in [0, 0.1) is 0 Å². The molecule has 15 aromatic rings. The van der Waals surface area contributed by atoms with Crippen molar-refractivity contribution in [2.24, 2.45) is 0 Å². The highest BCUT2D eigenvalue weighted by molar-refractivity contribution is 7.25. The Balaban J connectivity index is 0.893. The van der Waals surface area contributed by atoms with Crippen LogP contribution in [0.3, 0.4) is 0 Å². The van der Waals surface area contributed by atoms with E-state index >= 15 is 0 Å². The molecule has 0 atom stereocenters. The minimum absolute atomic E-state index is 0.110. The first kappa shape index (κ1) is 33.9. The Morgan fingerprint density at radius 3 is 1.82 bits per heavy atom. The number of nitrogens with zero attached hydrogens (tertiary/aromatic N) is 3. The molecule has 0 radical (unpaired) electrons. The Kier molecular flexibility index (Phi) is 7.82. The van der Waals surface area contributed by atoms with Crippen molar-refractivity contribution in [2.75, 3.05) is 0 Å². The molecular formula is C69H41N3OS. The van der Waals surface area contributed by atoms with E-state index in [0.717, 1.165) is 86.7 Å². The van der Waals surface area contributed by atoms with Crippen LogP contribution in [0.1, 0.15) is 12.3 Å². The van der Waals surface area contributed by atoms with Crippen molar-refractivity contribution in [1.82, 2.24) is 15.0 Å². The van der Waals surface area contributed by atoms with E-state index in [1.165, 1.54) is 4.70 Å². The molecule has 12 aromatic carbocycles. The Morgan fingerprint density at radius 2 is 0.973 bits per heavy atom. The minimum Gasteiger partial charge on any atom is -0.456 e. The number of aromatic nitrogens is 3. The SMILES string of the molecule is [2H]c1ccc2oc3c([2H])cc(-c4cccc5sc6ccccc6c45)cc3c2c1-c1ccc2cc(-c3nc(-c4ccc(-c5ccc6ccccc6c5)c(-c5ccccc5)c4)nc(-c4c([2H])c([2H])c5c([2H])c([2H])c([2H])c([2H])c5c4[2H])n3)ccc2c1. The van der Waals surface area contributed by atoms with Crippen molar-refractivity contribution in [3.05, 3.63) is 249 Å². The summed E-state index contributed by atoms with van der Waals surface area (Å²) in [5, 5.41) is 7.25. The van der Waals surface area contributed by atoms with Gasteiger partial charge in [-0.2, -0.15) is 0 Å². The highest BCUT2D eigenvalue weighted by atomic mass is 32.1. The molecule has 5 heteroatoms. The first-order chi connectivity index (χ1) is 40.4. The third kappa shape index (κ3) is 7.16. The van der Waals surface area contributed by atoms with Crippen LogP contribution in [-0.4, -0.2) is 15.0 Å². The predicted octanol–water partition coefficient (Wildman–Crippen LogP) is 19.3. The summed E-state index contributed by atoms with van der Waals surface area (Å²) in [6.45, 7) is 0. The Bertz CT molecular complexity index is 5290. The van der Waals surface area contributed by atoms with Gasteiger partial charge in [-0.1, -0.05) is 188 Å². The molecule has 344 valence electrons. The van der Waals surface area contributed by atoms with Gasteiger partial charge in [0.2, 0.25) is 0 Å². The molecule has 3 aromatic heterocycles. The number of hydrogen-bond acceptors (Lipinski definition) is 5. The van der Waals surface area contributed by atoms with Crippen molar-refractivity contribution >= 4 is 85.8 Å². The molecule has 0 fully saturated rings. The summed E-state index contributed by atoms with van der Waals surface area (Å²) in [5.74, 6) is 0.305. The zero-order chi connectivity index (χ0) is 56.5. The fourth-order valence-electron chi connectivity index (χ4n) is 10.4. The summed E-state index contributed by atoms with van der Waals surface area (Å²) >= 11 is 1.75. The molecular weight excluding hydrogens is 919 g/mol. The molecule has 0 amide bonds. The monoisotopic (exact) mass is 968 g/mol. The molecule has 0 aliphatic heterocycles. The van der Waals surface area contributed by atoms with Crippen molar-refractivity contribution in [1.29, 1.82) is 0 Å². The summed E-state index contributed by atoms with van der Waals surface area (Å²) in [6, 6.07) is 61.6. The van der Waals surface area contributed by atoms with Gasteiger partial charge >= 0.3 is 0 Å². The average molecular weight is 969 g/mol. The second-order valence-electron chi connectivity index (χ2n) is 18.4. The van der Waals surface area contributed by atoms with Crippen LogP contribution >= 0.6 is 11.3 Å². The topological polar surface area (TPSA) is 51.8 Å². The highest BCUT2D eigenvalue weighted by Crippen LogP contribution is 2.44. The van der Waals surface area contributed by atoms with Gasteiger partial charge < -0.3 is 4.42 Å². The lowest BCUT2D eigenvalue weighted by Crippen LogP contribution is -2.01. The fraction of sp³-hybridized carbons (Fsp3) is 0. The van der Waals surface area contributed by atoms with Crippen LogP contribution < -0.4 is 0 Å². The molecule has 0 aliphatic rings. The lowest BCUT2D eigenvalue weighted by atomic mass is 9.91. The molecule has 0 bridgehead atoms. The van der Waals surface area contributed by atoms with Crippen LogP contribution in [0.5, 0.6) is 0 Å². The van der Waals surface area contributed by atoms with Crippen LogP contribution in [0.25, 0.3) is 153 Å². The predicted molar refractivity (Wildman–Crippen MR) is 311 cm³/mol. The van der Waals surface area contributed by atoms with E-state index in [0.29, 0.717) is 33.9 Å². The first-order valence-corrected chi connectivity index (χ1v) is 25.1. The molecule has 0 spiro atoms. The van der Waals surface area contributed by atoms with Gasteiger partial charge in [-0.3, -0.25) is 0 Å². The number of hydrogen-bond donors (Lipinski definition) is 0. The van der Waals surface area contributed by atoms with Crippen LogP contribution in [0.2, 0.25) is 0 Å². The number of rotatable bonds is 7. The van der Waals surface area contributed by atoms with E-state index in [2.05, 4.69) is 78.9 Å². The van der Waals surface area contributed by atoms with E-state index in [1.807, 2.05) is 103 Å². The van der Waals surface area contributed by atoms with E-state index in [4.69, 9.17) is 26.2 Å². The van der Waals surface area contributed by atoms with Gasteiger partial charge in [-0.15, -0.1) is 11.3 Å². The van der Waals surface area contributed by atoms with Crippen molar-refractivity contribution < 1.29 is 16.8 Å². The van der Waals surface area contributed by atoms with Crippen LogP contribution in [0.15, 0.2) is 253 Å². The summed E-state index contributed by atoms with van der Waals surface area (Å²) in [4.78, 5) is 15.0. The number of fused-ring (bicyclic) bond motifs is 9. The third-order valence-corrected chi connectivity index (χ3v) is 15.1. The molecule has 0 saturated heterocycles. The van der Waals surface area contributed by atoms with Crippen molar-refractivity contribution in [3.8, 4) is 78.7 Å².